The van der Waals surface area contributed by atoms with E-state index in [0.29, 0.717) is 0 Å². The van der Waals surface area contributed by atoms with E-state index in [9.17, 15) is 0 Å². The van der Waals surface area contributed by atoms with Crippen LogP contribution in [0.1, 0.15) is 33.8 Å². The van der Waals surface area contributed by atoms with E-state index in [1.54, 1.807) is 0 Å². The highest BCUT2D eigenvalue weighted by Crippen LogP contribution is 2.08. The number of allylic oxidation sites excluding steroid dienone is 1. The quantitative estimate of drug-likeness (QED) is 0.720. The average Bonchev–Trinajstić information content (AvgIpc) is 2.25. The average molecular weight is 196 g/mol. The van der Waals surface area contributed by atoms with Gasteiger partial charge in [0.05, 0.1) is 0 Å². The molecule has 0 bridgehead atoms. The first-order valence-electron chi connectivity index (χ1n) is 4.46. The number of benzene rings is 1. The molecule has 0 aliphatic heterocycles. The summed E-state index contributed by atoms with van der Waals surface area (Å²) in [5.74, 6) is 0. The summed E-state index contributed by atoms with van der Waals surface area (Å²) in [6.45, 7) is 9.83. The Morgan fingerprint density at radius 3 is 1.64 bits per heavy atom. The Bertz CT molecular complexity index is 202. The fourth-order valence-electron chi connectivity index (χ4n) is 0.723. The van der Waals surface area contributed by atoms with Gasteiger partial charge in [0, 0.05) is 7.11 Å². The lowest BCUT2D eigenvalue weighted by Crippen LogP contribution is -1.72. The Balaban J connectivity index is -0.000000216. The SMILES string of the molecule is C.C=C(C)c1ccccc1.CC.CO. The smallest absolute Gasteiger partial charge is 0.0319 e. The molecule has 0 aliphatic carbocycles. The van der Waals surface area contributed by atoms with Crippen LogP contribution in [0.2, 0.25) is 0 Å². The molecule has 0 heterocycles. The summed E-state index contributed by atoms with van der Waals surface area (Å²) in [6.07, 6.45) is 0. The molecule has 1 N–H and O–H groups in total. The first-order chi connectivity index (χ1) is 6.30. The van der Waals surface area contributed by atoms with Crippen LogP contribution in [0.4, 0.5) is 0 Å². The van der Waals surface area contributed by atoms with Crippen LogP contribution in [0.5, 0.6) is 0 Å². The minimum atomic E-state index is 0. The van der Waals surface area contributed by atoms with E-state index in [1.807, 2.05) is 39.0 Å². The lowest BCUT2D eigenvalue weighted by atomic mass is 10.1. The molecule has 0 amide bonds. The normalized spacial score (nSPS) is 6.64. The van der Waals surface area contributed by atoms with Gasteiger partial charge in [0.25, 0.3) is 0 Å². The molecule has 0 fully saturated rings. The molecule has 0 spiro atoms. The predicted molar refractivity (Wildman–Crippen MR) is 67.4 cm³/mol. The third kappa shape index (κ3) is 9.01. The molecule has 0 saturated carbocycles. The minimum Gasteiger partial charge on any atom is -0.400 e. The monoisotopic (exact) mass is 196 g/mol. The first-order valence-corrected chi connectivity index (χ1v) is 4.46. The van der Waals surface area contributed by atoms with Crippen molar-refractivity contribution in [3.05, 3.63) is 42.5 Å². The van der Waals surface area contributed by atoms with Crippen LogP contribution >= 0.6 is 0 Å². The van der Waals surface area contributed by atoms with Crippen LogP contribution in [-0.4, -0.2) is 12.2 Å². The van der Waals surface area contributed by atoms with Crippen LogP contribution < -0.4 is 0 Å². The van der Waals surface area contributed by atoms with Crippen LogP contribution in [0.25, 0.3) is 5.57 Å². The highest BCUT2D eigenvalue weighted by atomic mass is 16.2. The van der Waals surface area contributed by atoms with E-state index in [0.717, 1.165) is 12.7 Å². The zero-order valence-corrected chi connectivity index (χ0v) is 9.04. The van der Waals surface area contributed by atoms with Gasteiger partial charge >= 0.3 is 0 Å². The number of aliphatic hydroxyl groups is 1. The fourth-order valence-corrected chi connectivity index (χ4v) is 0.723. The Hall–Kier alpha value is -1.08. The van der Waals surface area contributed by atoms with Gasteiger partial charge < -0.3 is 5.11 Å². The van der Waals surface area contributed by atoms with E-state index < -0.39 is 0 Å². The van der Waals surface area contributed by atoms with Crippen molar-refractivity contribution in [1.82, 2.24) is 0 Å². The zero-order valence-electron chi connectivity index (χ0n) is 9.04. The molecule has 0 aromatic heterocycles. The Morgan fingerprint density at radius 2 is 1.43 bits per heavy atom. The van der Waals surface area contributed by atoms with Gasteiger partial charge in [-0.05, 0) is 12.5 Å². The summed E-state index contributed by atoms with van der Waals surface area (Å²) < 4.78 is 0. The van der Waals surface area contributed by atoms with Gasteiger partial charge in [0.1, 0.15) is 0 Å². The van der Waals surface area contributed by atoms with Crippen LogP contribution in [0, 0.1) is 0 Å². The molecule has 0 saturated heterocycles. The van der Waals surface area contributed by atoms with Gasteiger partial charge in [-0.25, -0.2) is 0 Å². The predicted octanol–water partition coefficient (Wildman–Crippen LogP) is 3.99. The second-order valence-corrected chi connectivity index (χ2v) is 2.15. The summed E-state index contributed by atoms with van der Waals surface area (Å²) in [5, 5.41) is 7.00. The highest BCUT2D eigenvalue weighted by Gasteiger charge is 1.86. The van der Waals surface area contributed by atoms with Crippen LogP contribution in [0.3, 0.4) is 0 Å². The summed E-state index contributed by atoms with van der Waals surface area (Å²) in [6, 6.07) is 10.2. The molecule has 1 aromatic carbocycles. The lowest BCUT2D eigenvalue weighted by molar-refractivity contribution is 0.399. The van der Waals surface area contributed by atoms with Crippen LogP contribution in [-0.2, 0) is 0 Å². The number of aliphatic hydroxyl groups excluding tert-OH is 1. The molecule has 1 nitrogen and oxygen atoms in total. The van der Waals surface area contributed by atoms with Gasteiger partial charge in [-0.2, -0.15) is 0 Å². The van der Waals surface area contributed by atoms with E-state index in [-0.39, 0.29) is 7.43 Å². The molecule has 0 radical (unpaired) electrons. The van der Waals surface area contributed by atoms with Crippen LogP contribution in [0.15, 0.2) is 36.9 Å². The number of hydrogen-bond donors (Lipinski definition) is 1. The first kappa shape index (κ1) is 18.7. The third-order valence-corrected chi connectivity index (χ3v) is 1.27. The molecule has 1 heteroatoms. The lowest BCUT2D eigenvalue weighted by Gasteiger charge is -1.94. The van der Waals surface area contributed by atoms with Crippen molar-refractivity contribution in [3.63, 3.8) is 0 Å². The molecule has 1 rings (SSSR count). The van der Waals surface area contributed by atoms with Gasteiger partial charge in [0.2, 0.25) is 0 Å². The molecule has 0 aliphatic rings. The largest absolute Gasteiger partial charge is 0.400 e. The van der Waals surface area contributed by atoms with E-state index in [4.69, 9.17) is 5.11 Å². The summed E-state index contributed by atoms with van der Waals surface area (Å²) in [7, 11) is 1.00. The van der Waals surface area contributed by atoms with Crippen molar-refractivity contribution in [2.24, 2.45) is 0 Å². The number of rotatable bonds is 1. The summed E-state index contributed by atoms with van der Waals surface area (Å²) in [4.78, 5) is 0. The second kappa shape index (κ2) is 14.4. The third-order valence-electron chi connectivity index (χ3n) is 1.27. The molecular weight excluding hydrogens is 172 g/mol. The van der Waals surface area contributed by atoms with Crippen molar-refractivity contribution in [2.75, 3.05) is 7.11 Å². The Labute approximate surface area is 89.1 Å². The standard InChI is InChI=1S/C9H10.C2H6.CH4O.CH4/c1-8(2)9-6-4-3-5-7-9;2*1-2;/h3-7H,1H2,2H3;1-2H3;2H,1H3;1H4. The summed E-state index contributed by atoms with van der Waals surface area (Å²) >= 11 is 0. The second-order valence-electron chi connectivity index (χ2n) is 2.15. The molecular formula is C13H24O. The maximum Gasteiger partial charge on any atom is 0.0319 e. The molecule has 14 heavy (non-hydrogen) atoms. The molecule has 0 atom stereocenters. The van der Waals surface area contributed by atoms with Gasteiger partial charge in [-0.15, -0.1) is 0 Å². The fraction of sp³-hybridized carbons (Fsp3) is 0.385. The van der Waals surface area contributed by atoms with Gasteiger partial charge in [0.15, 0.2) is 0 Å². The molecule has 0 unspecified atom stereocenters. The maximum atomic E-state index is 7.00. The minimum absolute atomic E-state index is 0. The topological polar surface area (TPSA) is 20.2 Å². The Morgan fingerprint density at radius 1 is 1.07 bits per heavy atom. The van der Waals surface area contributed by atoms with Crippen molar-refractivity contribution >= 4 is 5.57 Å². The number of hydrogen-bond acceptors (Lipinski definition) is 1. The van der Waals surface area contributed by atoms with E-state index >= 15 is 0 Å². The summed E-state index contributed by atoms with van der Waals surface area (Å²) in [5.41, 5.74) is 2.34. The van der Waals surface area contributed by atoms with Crippen molar-refractivity contribution < 1.29 is 5.11 Å². The van der Waals surface area contributed by atoms with Gasteiger partial charge in [-0.3, -0.25) is 0 Å². The van der Waals surface area contributed by atoms with Crippen molar-refractivity contribution in [1.29, 1.82) is 0 Å². The maximum absolute atomic E-state index is 7.00. The molecule has 82 valence electrons. The Kier molecular flexibility index (Phi) is 19.2. The zero-order chi connectivity index (χ0) is 10.7. The van der Waals surface area contributed by atoms with E-state index in [1.165, 1.54) is 5.56 Å². The highest BCUT2D eigenvalue weighted by molar-refractivity contribution is 5.60. The molecule has 1 aromatic rings. The van der Waals surface area contributed by atoms with E-state index in [2.05, 4.69) is 18.7 Å². The van der Waals surface area contributed by atoms with Crippen molar-refractivity contribution in [3.8, 4) is 0 Å². The van der Waals surface area contributed by atoms with Crippen molar-refractivity contribution in [2.45, 2.75) is 28.2 Å². The van der Waals surface area contributed by atoms with Gasteiger partial charge in [-0.1, -0.05) is 63.8 Å².